The van der Waals surface area contributed by atoms with Gasteiger partial charge in [0.1, 0.15) is 10.6 Å². The van der Waals surface area contributed by atoms with Crippen molar-refractivity contribution in [3.8, 4) is 5.75 Å². The van der Waals surface area contributed by atoms with Gasteiger partial charge in [0.2, 0.25) is 10.0 Å². The summed E-state index contributed by atoms with van der Waals surface area (Å²) < 4.78 is 73.3. The van der Waals surface area contributed by atoms with Gasteiger partial charge in [0, 0.05) is 28.0 Å². The summed E-state index contributed by atoms with van der Waals surface area (Å²) in [6.07, 6.45) is 1.92. The molecule has 3 rings (SSSR count). The first kappa shape index (κ1) is 28.8. The van der Waals surface area contributed by atoms with Crippen LogP contribution >= 0.6 is 35.3 Å². The zero-order chi connectivity index (χ0) is 26.7. The summed E-state index contributed by atoms with van der Waals surface area (Å²) in [6, 6.07) is 16.8. The van der Waals surface area contributed by atoms with Crippen LogP contribution in [0.2, 0.25) is 0 Å². The molecule has 0 aliphatic heterocycles. The maximum Gasteiger partial charge on any atom is 0.399 e. The largest absolute Gasteiger partial charge is 0.495 e. The Kier molecular flexibility index (Phi) is 9.04. The molecule has 0 fully saturated rings. The molecule has 0 aliphatic carbocycles. The molecule has 0 saturated carbocycles. The second kappa shape index (κ2) is 11.3. The Labute approximate surface area is 220 Å². The van der Waals surface area contributed by atoms with Gasteiger partial charge in [-0.25, -0.2) is 8.42 Å². The minimum absolute atomic E-state index is 0.0208. The number of alkyl halides is 2. The third-order valence-corrected chi connectivity index (χ3v) is 9.49. The predicted molar refractivity (Wildman–Crippen MR) is 138 cm³/mol. The molecule has 0 aromatic heterocycles. The first-order chi connectivity index (χ1) is 16.8. The second-order valence-corrected chi connectivity index (χ2v) is 13.0. The van der Waals surface area contributed by atoms with Crippen LogP contribution in [-0.2, 0) is 33.3 Å². The van der Waals surface area contributed by atoms with Crippen molar-refractivity contribution in [2.24, 2.45) is 0 Å². The zero-order valence-corrected chi connectivity index (χ0v) is 23.3. The molecule has 0 amide bonds. The van der Waals surface area contributed by atoms with Gasteiger partial charge in [0.05, 0.1) is 7.11 Å². The molecular weight excluding hydrogens is 599 g/mol. The molecule has 0 spiro atoms. The number of rotatable bonds is 10. The standard InChI is InChI=1S/C23H23BrF2NO6PS2/c1-33-21-5-3-4-6-22(21)36(31,32)27(14-16-7-10-18(35-2)11-8-16)15-17-9-12-19(20(24)13-17)23(25,26)34(28,29)30/h3-13H,14-15H2,1-2H3,(H2,28,29,30). The minimum atomic E-state index is -5.77. The van der Waals surface area contributed by atoms with Crippen LogP contribution in [0.1, 0.15) is 16.7 Å². The lowest BCUT2D eigenvalue weighted by Gasteiger charge is -2.24. The first-order valence-electron chi connectivity index (χ1n) is 10.3. The third-order valence-electron chi connectivity index (χ3n) is 5.29. The number of sulfonamides is 1. The summed E-state index contributed by atoms with van der Waals surface area (Å²) in [5, 5.41) is 0. The molecule has 0 radical (unpaired) electrons. The Morgan fingerprint density at radius 1 is 1.03 bits per heavy atom. The second-order valence-electron chi connectivity index (χ2n) is 7.67. The van der Waals surface area contributed by atoms with Crippen molar-refractivity contribution in [3.05, 3.63) is 87.9 Å². The van der Waals surface area contributed by atoms with Crippen molar-refractivity contribution < 1.29 is 36.3 Å². The number of thioether (sulfide) groups is 1. The quantitative estimate of drug-likeness (QED) is 0.218. The van der Waals surface area contributed by atoms with Gasteiger partial charge in [-0.2, -0.15) is 13.1 Å². The normalized spacial score (nSPS) is 12.7. The van der Waals surface area contributed by atoms with Gasteiger partial charge in [0.25, 0.3) is 0 Å². The van der Waals surface area contributed by atoms with Crippen LogP contribution in [0.4, 0.5) is 8.78 Å². The number of hydrogen-bond acceptors (Lipinski definition) is 5. The van der Waals surface area contributed by atoms with E-state index in [-0.39, 0.29) is 28.2 Å². The Hall–Kier alpha value is -1.79. The monoisotopic (exact) mass is 621 g/mol. The summed E-state index contributed by atoms with van der Waals surface area (Å²) in [5.74, 6) is 0.151. The Bertz CT molecular complexity index is 1380. The maximum atomic E-state index is 14.2. The van der Waals surface area contributed by atoms with Gasteiger partial charge in [-0.1, -0.05) is 52.3 Å². The van der Waals surface area contributed by atoms with E-state index in [0.717, 1.165) is 11.0 Å². The van der Waals surface area contributed by atoms with Gasteiger partial charge in [-0.3, -0.25) is 4.57 Å². The van der Waals surface area contributed by atoms with Gasteiger partial charge >= 0.3 is 13.3 Å². The van der Waals surface area contributed by atoms with E-state index in [2.05, 4.69) is 15.9 Å². The molecule has 3 aromatic rings. The SMILES string of the molecule is COc1ccccc1S(=O)(=O)N(Cc1ccc(SC)cc1)Cc1ccc(C(F)(F)P(=O)(O)O)c(Br)c1. The lowest BCUT2D eigenvalue weighted by atomic mass is 10.1. The number of benzene rings is 3. The van der Waals surface area contributed by atoms with Crippen LogP contribution in [0.3, 0.4) is 0 Å². The van der Waals surface area contributed by atoms with Crippen molar-refractivity contribution in [2.75, 3.05) is 13.4 Å². The average molecular weight is 622 g/mol. The van der Waals surface area contributed by atoms with Crippen molar-refractivity contribution in [2.45, 2.75) is 28.5 Å². The van der Waals surface area contributed by atoms with Crippen molar-refractivity contribution in [1.29, 1.82) is 0 Å². The van der Waals surface area contributed by atoms with E-state index in [0.29, 0.717) is 11.1 Å². The van der Waals surface area contributed by atoms with Gasteiger partial charge in [-0.15, -0.1) is 11.8 Å². The smallest absolute Gasteiger partial charge is 0.399 e. The highest BCUT2D eigenvalue weighted by molar-refractivity contribution is 9.10. The Morgan fingerprint density at radius 3 is 2.17 bits per heavy atom. The molecule has 3 aromatic carbocycles. The maximum absolute atomic E-state index is 14.2. The molecule has 0 atom stereocenters. The number of halogens is 3. The first-order valence-corrected chi connectivity index (χ1v) is 15.4. The van der Waals surface area contributed by atoms with Gasteiger partial charge in [-0.05, 0) is 47.7 Å². The van der Waals surface area contributed by atoms with Crippen molar-refractivity contribution in [1.82, 2.24) is 4.31 Å². The summed E-state index contributed by atoms with van der Waals surface area (Å²) in [6.45, 7) is -0.224. The van der Waals surface area contributed by atoms with Gasteiger partial charge in [0.15, 0.2) is 0 Å². The Morgan fingerprint density at radius 2 is 1.61 bits per heavy atom. The summed E-state index contributed by atoms with van der Waals surface area (Å²) in [7, 11) is -8.53. The van der Waals surface area contributed by atoms with Crippen molar-refractivity contribution in [3.63, 3.8) is 0 Å². The molecular formula is C23H23BrF2NO6PS2. The van der Waals surface area contributed by atoms with E-state index in [1.807, 2.05) is 18.4 Å². The van der Waals surface area contributed by atoms with E-state index in [9.17, 15) is 21.8 Å². The number of ether oxygens (including phenoxy) is 1. The van der Waals surface area contributed by atoms with Crippen molar-refractivity contribution >= 4 is 45.3 Å². The van der Waals surface area contributed by atoms with E-state index < -0.39 is 28.8 Å². The molecule has 0 saturated heterocycles. The van der Waals surface area contributed by atoms with E-state index >= 15 is 0 Å². The molecule has 0 heterocycles. The molecule has 0 unspecified atom stereocenters. The van der Waals surface area contributed by atoms with Crippen LogP contribution in [0.5, 0.6) is 5.75 Å². The lowest BCUT2D eigenvalue weighted by Crippen LogP contribution is -2.30. The highest BCUT2D eigenvalue weighted by atomic mass is 79.9. The molecule has 194 valence electrons. The third kappa shape index (κ3) is 6.19. The van der Waals surface area contributed by atoms with E-state index in [1.54, 1.807) is 36.0 Å². The van der Waals surface area contributed by atoms with Crippen LogP contribution in [0.25, 0.3) is 0 Å². The zero-order valence-electron chi connectivity index (χ0n) is 19.1. The van der Waals surface area contributed by atoms with Crippen LogP contribution in [0.15, 0.2) is 81.0 Å². The summed E-state index contributed by atoms with van der Waals surface area (Å²) >= 11 is 4.50. The molecule has 2 N–H and O–H groups in total. The number of methoxy groups -OCH3 is 1. The molecule has 0 bridgehead atoms. The Balaban J connectivity index is 2.04. The van der Waals surface area contributed by atoms with E-state index in [1.165, 1.54) is 35.7 Å². The average Bonchev–Trinajstić information content (AvgIpc) is 2.83. The lowest BCUT2D eigenvalue weighted by molar-refractivity contribution is 0.0557. The van der Waals surface area contributed by atoms with Gasteiger partial charge < -0.3 is 14.5 Å². The number of nitrogens with zero attached hydrogens (tertiary/aromatic N) is 1. The van der Waals surface area contributed by atoms with Crippen LogP contribution < -0.4 is 4.74 Å². The fraction of sp³-hybridized carbons (Fsp3) is 0.217. The highest BCUT2D eigenvalue weighted by Crippen LogP contribution is 2.60. The fourth-order valence-electron chi connectivity index (χ4n) is 3.39. The van der Waals surface area contributed by atoms with Crippen LogP contribution in [-0.4, -0.2) is 35.9 Å². The molecule has 7 nitrogen and oxygen atoms in total. The number of hydrogen-bond donors (Lipinski definition) is 2. The summed E-state index contributed by atoms with van der Waals surface area (Å²) in [5.41, 5.74) is -4.28. The number of para-hydroxylation sites is 1. The van der Waals surface area contributed by atoms with E-state index in [4.69, 9.17) is 14.5 Å². The summed E-state index contributed by atoms with van der Waals surface area (Å²) in [4.78, 5) is 19.1. The fourth-order valence-corrected chi connectivity index (χ4v) is 6.71. The minimum Gasteiger partial charge on any atom is -0.495 e. The predicted octanol–water partition coefficient (Wildman–Crippen LogP) is 5.80. The molecule has 13 heteroatoms. The van der Waals surface area contributed by atoms with Crippen LogP contribution in [0, 0.1) is 0 Å². The molecule has 0 aliphatic rings. The molecule has 36 heavy (non-hydrogen) atoms. The topological polar surface area (TPSA) is 104 Å². The highest BCUT2D eigenvalue weighted by Gasteiger charge is 2.51.